The number of carboxylic acid groups (broad SMARTS) is 1. The minimum atomic E-state index is -0.980. The van der Waals surface area contributed by atoms with Gasteiger partial charge in [-0.1, -0.05) is 0 Å². The van der Waals surface area contributed by atoms with Crippen molar-refractivity contribution in [3.8, 4) is 0 Å². The second-order valence-corrected chi connectivity index (χ2v) is 5.08. The maximum Gasteiger partial charge on any atom is 0.326 e. The number of nitrogens with zero attached hydrogens (tertiary/aromatic N) is 1. The van der Waals surface area contributed by atoms with Crippen molar-refractivity contribution in [1.82, 2.24) is 10.3 Å². The van der Waals surface area contributed by atoms with Gasteiger partial charge in [0.25, 0.3) is 0 Å². The summed E-state index contributed by atoms with van der Waals surface area (Å²) in [6.07, 6.45) is 6.56. The number of thioether (sulfide) groups is 1. The molecule has 0 aromatic carbocycles. The Morgan fingerprint density at radius 1 is 1.42 bits per heavy atom. The molecule has 5 nitrogen and oxygen atoms in total. The van der Waals surface area contributed by atoms with Crippen LogP contribution in [0.1, 0.15) is 18.4 Å². The first-order valence-electron chi connectivity index (χ1n) is 6.03. The van der Waals surface area contributed by atoms with Crippen molar-refractivity contribution in [1.29, 1.82) is 0 Å². The topological polar surface area (TPSA) is 79.3 Å². The molecule has 6 heteroatoms. The Labute approximate surface area is 116 Å². The molecule has 1 rings (SSSR count). The molecular formula is C13H18N2O3S. The van der Waals surface area contributed by atoms with Crippen LogP contribution in [-0.2, 0) is 16.0 Å². The summed E-state index contributed by atoms with van der Waals surface area (Å²) in [7, 11) is 0. The second-order valence-electron chi connectivity index (χ2n) is 4.10. The number of hydrogen-bond donors (Lipinski definition) is 2. The van der Waals surface area contributed by atoms with Gasteiger partial charge < -0.3 is 10.4 Å². The van der Waals surface area contributed by atoms with E-state index < -0.39 is 12.0 Å². The van der Waals surface area contributed by atoms with Crippen molar-refractivity contribution < 1.29 is 14.7 Å². The lowest BCUT2D eigenvalue weighted by Crippen LogP contribution is -2.41. The Bertz CT molecular complexity index is 412. The number of aryl methyl sites for hydroxylation is 1. The van der Waals surface area contributed by atoms with Gasteiger partial charge in [-0.05, 0) is 42.5 Å². The van der Waals surface area contributed by atoms with Crippen molar-refractivity contribution in [3.63, 3.8) is 0 Å². The van der Waals surface area contributed by atoms with E-state index in [2.05, 4.69) is 10.3 Å². The molecule has 0 fully saturated rings. The van der Waals surface area contributed by atoms with E-state index in [0.29, 0.717) is 18.6 Å². The normalized spacial score (nSPS) is 11.8. The third-order valence-electron chi connectivity index (χ3n) is 2.63. The fourth-order valence-electron chi connectivity index (χ4n) is 1.57. The molecule has 0 aliphatic rings. The van der Waals surface area contributed by atoms with E-state index in [4.69, 9.17) is 5.11 Å². The van der Waals surface area contributed by atoms with Crippen molar-refractivity contribution in [2.45, 2.75) is 25.3 Å². The number of hydrogen-bond acceptors (Lipinski definition) is 4. The van der Waals surface area contributed by atoms with Crippen LogP contribution in [0, 0.1) is 0 Å². The summed E-state index contributed by atoms with van der Waals surface area (Å²) in [6.45, 7) is 0. The molecule has 1 aromatic heterocycles. The predicted molar refractivity (Wildman–Crippen MR) is 75.1 cm³/mol. The summed E-state index contributed by atoms with van der Waals surface area (Å²) in [5.41, 5.74) is 1.01. The second kappa shape index (κ2) is 8.53. The maximum atomic E-state index is 11.7. The molecule has 2 N–H and O–H groups in total. The van der Waals surface area contributed by atoms with Gasteiger partial charge in [-0.25, -0.2) is 4.79 Å². The third kappa shape index (κ3) is 6.24. The molecule has 19 heavy (non-hydrogen) atoms. The van der Waals surface area contributed by atoms with Gasteiger partial charge in [0.15, 0.2) is 0 Å². The summed E-state index contributed by atoms with van der Waals surface area (Å²) < 4.78 is 0. The van der Waals surface area contributed by atoms with Crippen LogP contribution in [-0.4, -0.2) is 40.0 Å². The van der Waals surface area contributed by atoms with E-state index in [1.807, 2.05) is 18.4 Å². The highest BCUT2D eigenvalue weighted by molar-refractivity contribution is 7.98. The zero-order valence-corrected chi connectivity index (χ0v) is 11.7. The Morgan fingerprint density at radius 2 is 2.11 bits per heavy atom. The highest BCUT2D eigenvalue weighted by atomic mass is 32.2. The Balaban J connectivity index is 2.38. The smallest absolute Gasteiger partial charge is 0.326 e. The van der Waals surface area contributed by atoms with Crippen molar-refractivity contribution in [2.24, 2.45) is 0 Å². The Morgan fingerprint density at radius 3 is 2.68 bits per heavy atom. The van der Waals surface area contributed by atoms with E-state index in [-0.39, 0.29) is 12.3 Å². The third-order valence-corrected chi connectivity index (χ3v) is 3.28. The van der Waals surface area contributed by atoms with E-state index in [9.17, 15) is 9.59 Å². The van der Waals surface area contributed by atoms with Crippen LogP contribution in [0.4, 0.5) is 0 Å². The van der Waals surface area contributed by atoms with Crippen molar-refractivity contribution >= 4 is 23.6 Å². The molecule has 0 aliphatic heterocycles. The summed E-state index contributed by atoms with van der Waals surface area (Å²) in [6, 6.07) is 2.89. The van der Waals surface area contributed by atoms with Crippen LogP contribution in [0.5, 0.6) is 0 Å². The lowest BCUT2D eigenvalue weighted by molar-refractivity contribution is -0.141. The molecule has 0 spiro atoms. The first-order chi connectivity index (χ1) is 9.13. The van der Waals surface area contributed by atoms with Gasteiger partial charge in [-0.2, -0.15) is 11.8 Å². The van der Waals surface area contributed by atoms with Crippen LogP contribution in [0.3, 0.4) is 0 Å². The number of pyridine rings is 1. The average Bonchev–Trinajstić information content (AvgIpc) is 2.42. The summed E-state index contributed by atoms with van der Waals surface area (Å²) in [5.74, 6) is -0.502. The van der Waals surface area contributed by atoms with Crippen LogP contribution >= 0.6 is 11.8 Å². The number of carbonyl (C=O) groups excluding carboxylic acids is 1. The van der Waals surface area contributed by atoms with Gasteiger partial charge in [-0.15, -0.1) is 0 Å². The molecule has 0 saturated heterocycles. The van der Waals surface area contributed by atoms with Gasteiger partial charge in [0.05, 0.1) is 0 Å². The number of carboxylic acids is 1. The maximum absolute atomic E-state index is 11.7. The fraction of sp³-hybridized carbons (Fsp3) is 0.462. The highest BCUT2D eigenvalue weighted by Crippen LogP contribution is 2.04. The Hall–Kier alpha value is -1.56. The number of carbonyl (C=O) groups is 2. The van der Waals surface area contributed by atoms with Gasteiger partial charge in [0, 0.05) is 18.8 Å². The van der Waals surface area contributed by atoms with Crippen LogP contribution in [0.25, 0.3) is 0 Å². The fourth-order valence-corrected chi connectivity index (χ4v) is 2.04. The van der Waals surface area contributed by atoms with Gasteiger partial charge in [0.1, 0.15) is 6.04 Å². The first kappa shape index (κ1) is 15.5. The summed E-state index contributed by atoms with van der Waals surface area (Å²) in [4.78, 5) is 26.6. The molecular weight excluding hydrogens is 264 g/mol. The number of aliphatic carboxylic acids is 1. The minimum absolute atomic E-state index is 0.231. The Kier molecular flexibility index (Phi) is 6.95. The average molecular weight is 282 g/mol. The van der Waals surface area contributed by atoms with Gasteiger partial charge >= 0.3 is 5.97 Å². The largest absolute Gasteiger partial charge is 0.480 e. The molecule has 1 aromatic rings. The van der Waals surface area contributed by atoms with Gasteiger partial charge in [-0.3, -0.25) is 9.78 Å². The molecule has 0 bridgehead atoms. The molecule has 104 valence electrons. The minimum Gasteiger partial charge on any atom is -0.480 e. The van der Waals surface area contributed by atoms with Crippen LogP contribution in [0.15, 0.2) is 24.5 Å². The lowest BCUT2D eigenvalue weighted by atomic mass is 10.1. The highest BCUT2D eigenvalue weighted by Gasteiger charge is 2.18. The number of rotatable bonds is 8. The van der Waals surface area contributed by atoms with E-state index in [0.717, 1.165) is 5.56 Å². The molecule has 1 atom stereocenters. The lowest BCUT2D eigenvalue weighted by Gasteiger charge is -2.13. The zero-order valence-electron chi connectivity index (χ0n) is 10.8. The standard InChI is InChI=1S/C13H18N2O3S/c1-19-9-6-11(13(17)18)15-12(16)3-2-10-4-7-14-8-5-10/h4-5,7-8,11H,2-3,6,9H2,1H3,(H,15,16)(H,17,18)/t11-/m1/s1. The first-order valence-corrected chi connectivity index (χ1v) is 7.43. The molecule has 0 unspecified atom stereocenters. The number of aromatic nitrogens is 1. The quantitative estimate of drug-likeness (QED) is 0.752. The number of amides is 1. The monoisotopic (exact) mass is 282 g/mol. The van der Waals surface area contributed by atoms with Crippen molar-refractivity contribution in [3.05, 3.63) is 30.1 Å². The van der Waals surface area contributed by atoms with E-state index in [1.165, 1.54) is 0 Å². The van der Waals surface area contributed by atoms with Crippen molar-refractivity contribution in [2.75, 3.05) is 12.0 Å². The predicted octanol–water partition coefficient (Wildman–Crippen LogP) is 1.34. The van der Waals surface area contributed by atoms with E-state index >= 15 is 0 Å². The molecule has 0 radical (unpaired) electrons. The van der Waals surface area contributed by atoms with E-state index in [1.54, 1.807) is 24.2 Å². The summed E-state index contributed by atoms with van der Waals surface area (Å²) >= 11 is 1.56. The molecule has 0 saturated carbocycles. The summed E-state index contributed by atoms with van der Waals surface area (Å²) in [5, 5.41) is 11.6. The molecule has 0 aliphatic carbocycles. The molecule has 1 heterocycles. The zero-order chi connectivity index (χ0) is 14.1. The van der Waals surface area contributed by atoms with Crippen LogP contribution in [0.2, 0.25) is 0 Å². The van der Waals surface area contributed by atoms with Crippen LogP contribution < -0.4 is 5.32 Å². The molecule has 1 amide bonds. The number of nitrogens with one attached hydrogen (secondary N) is 1. The SMILES string of the molecule is CSCC[C@@H](NC(=O)CCc1ccncc1)C(=O)O. The van der Waals surface area contributed by atoms with Gasteiger partial charge in [0.2, 0.25) is 5.91 Å².